The standard InChI is InChI=1S/C26H24N4O5/c1-18(31)28-12-14-29(15-13-28)23-11-10-21(17-24(23)30(34)35)26(33)27-22-9-5-8-20(16-22)25(32)19-6-3-2-4-7-19/h2-11,16-17H,12-15H2,1H3,(H,27,33). The number of nitrogens with zero attached hydrogens (tertiary/aromatic N) is 3. The molecule has 2 amide bonds. The van der Waals surface area contributed by atoms with Gasteiger partial charge in [0.05, 0.1) is 4.92 Å². The summed E-state index contributed by atoms with van der Waals surface area (Å²) in [6.45, 7) is 3.39. The Morgan fingerprint density at radius 2 is 1.51 bits per heavy atom. The van der Waals surface area contributed by atoms with E-state index in [1.165, 1.54) is 19.1 Å². The Balaban J connectivity index is 1.51. The van der Waals surface area contributed by atoms with Gasteiger partial charge in [0.2, 0.25) is 5.91 Å². The van der Waals surface area contributed by atoms with Crippen LogP contribution in [0.15, 0.2) is 72.8 Å². The number of nitro groups is 1. The van der Waals surface area contributed by atoms with Gasteiger partial charge in [0.1, 0.15) is 5.69 Å². The second-order valence-electron chi connectivity index (χ2n) is 8.18. The molecule has 9 heteroatoms. The van der Waals surface area contributed by atoms with Crippen LogP contribution in [-0.2, 0) is 4.79 Å². The summed E-state index contributed by atoms with van der Waals surface area (Å²) in [6.07, 6.45) is 0. The molecule has 1 saturated heterocycles. The molecule has 1 N–H and O–H groups in total. The number of carbonyl (C=O) groups excluding carboxylic acids is 3. The van der Waals surface area contributed by atoms with E-state index in [0.717, 1.165) is 0 Å². The number of ketones is 1. The maximum atomic E-state index is 12.9. The minimum absolute atomic E-state index is 0.0271. The third-order valence-electron chi connectivity index (χ3n) is 5.92. The van der Waals surface area contributed by atoms with Crippen LogP contribution in [0.3, 0.4) is 0 Å². The summed E-state index contributed by atoms with van der Waals surface area (Å²) in [6, 6.07) is 19.7. The summed E-state index contributed by atoms with van der Waals surface area (Å²) in [5.74, 6) is -0.724. The lowest BCUT2D eigenvalue weighted by molar-refractivity contribution is -0.384. The first-order valence-corrected chi connectivity index (χ1v) is 11.1. The van der Waals surface area contributed by atoms with E-state index in [1.54, 1.807) is 59.5 Å². The number of nitro benzene ring substituents is 1. The maximum Gasteiger partial charge on any atom is 0.293 e. The van der Waals surface area contributed by atoms with Gasteiger partial charge in [0.25, 0.3) is 11.6 Å². The molecular weight excluding hydrogens is 448 g/mol. The van der Waals surface area contributed by atoms with Crippen LogP contribution in [-0.4, -0.2) is 53.6 Å². The molecule has 0 radical (unpaired) electrons. The predicted molar refractivity (Wildman–Crippen MR) is 132 cm³/mol. The van der Waals surface area contributed by atoms with Gasteiger partial charge in [-0.2, -0.15) is 0 Å². The first-order chi connectivity index (χ1) is 16.8. The molecule has 35 heavy (non-hydrogen) atoms. The van der Waals surface area contributed by atoms with Crippen LogP contribution in [0.2, 0.25) is 0 Å². The number of amides is 2. The van der Waals surface area contributed by atoms with Crippen molar-refractivity contribution in [2.24, 2.45) is 0 Å². The average Bonchev–Trinajstić information content (AvgIpc) is 2.88. The van der Waals surface area contributed by atoms with Gasteiger partial charge in [-0.05, 0) is 24.3 Å². The van der Waals surface area contributed by atoms with E-state index >= 15 is 0 Å². The molecule has 3 aromatic carbocycles. The van der Waals surface area contributed by atoms with Crippen molar-refractivity contribution in [3.8, 4) is 0 Å². The van der Waals surface area contributed by atoms with Crippen molar-refractivity contribution in [1.82, 2.24) is 4.90 Å². The predicted octanol–water partition coefficient (Wildman–Crippen LogP) is 3.75. The second-order valence-corrected chi connectivity index (χ2v) is 8.18. The highest BCUT2D eigenvalue weighted by Crippen LogP contribution is 2.30. The number of hydrogen-bond acceptors (Lipinski definition) is 6. The van der Waals surface area contributed by atoms with Gasteiger partial charge in [-0.3, -0.25) is 24.5 Å². The van der Waals surface area contributed by atoms with Crippen molar-refractivity contribution in [2.45, 2.75) is 6.92 Å². The molecule has 1 aliphatic rings. The lowest BCUT2D eigenvalue weighted by Gasteiger charge is -2.35. The van der Waals surface area contributed by atoms with Crippen molar-refractivity contribution >= 4 is 34.7 Å². The highest BCUT2D eigenvalue weighted by atomic mass is 16.6. The number of hydrogen-bond donors (Lipinski definition) is 1. The zero-order valence-electron chi connectivity index (χ0n) is 19.1. The van der Waals surface area contributed by atoms with Crippen LogP contribution >= 0.6 is 0 Å². The molecule has 1 aliphatic heterocycles. The highest BCUT2D eigenvalue weighted by molar-refractivity contribution is 6.10. The summed E-state index contributed by atoms with van der Waals surface area (Å²) >= 11 is 0. The average molecular weight is 473 g/mol. The minimum Gasteiger partial charge on any atom is -0.362 e. The van der Waals surface area contributed by atoms with Gasteiger partial charge in [0, 0.05) is 61.5 Å². The summed E-state index contributed by atoms with van der Waals surface area (Å²) in [5.41, 5.74) is 1.71. The third-order valence-corrected chi connectivity index (χ3v) is 5.92. The molecule has 0 bridgehead atoms. The summed E-state index contributed by atoms with van der Waals surface area (Å²) in [5, 5.41) is 14.5. The van der Waals surface area contributed by atoms with Crippen LogP contribution in [0.1, 0.15) is 33.2 Å². The minimum atomic E-state index is -0.523. The van der Waals surface area contributed by atoms with E-state index < -0.39 is 10.8 Å². The lowest BCUT2D eigenvalue weighted by atomic mass is 10.0. The number of anilines is 2. The Morgan fingerprint density at radius 3 is 2.17 bits per heavy atom. The Kier molecular flexibility index (Phi) is 6.86. The number of nitrogens with one attached hydrogen (secondary N) is 1. The Morgan fingerprint density at radius 1 is 0.829 bits per heavy atom. The molecule has 0 aromatic heterocycles. The van der Waals surface area contributed by atoms with Crippen LogP contribution in [0, 0.1) is 10.1 Å². The molecule has 9 nitrogen and oxygen atoms in total. The van der Waals surface area contributed by atoms with Crippen molar-refractivity contribution in [2.75, 3.05) is 36.4 Å². The Bertz CT molecular complexity index is 1280. The van der Waals surface area contributed by atoms with Crippen molar-refractivity contribution in [3.63, 3.8) is 0 Å². The molecule has 4 rings (SSSR count). The molecule has 0 aliphatic carbocycles. The van der Waals surface area contributed by atoms with Crippen LogP contribution in [0.5, 0.6) is 0 Å². The van der Waals surface area contributed by atoms with E-state index in [-0.39, 0.29) is 22.9 Å². The first kappa shape index (κ1) is 23.6. The molecule has 0 unspecified atom stereocenters. The van der Waals surface area contributed by atoms with E-state index in [0.29, 0.717) is 48.7 Å². The van der Waals surface area contributed by atoms with Gasteiger partial charge < -0.3 is 15.1 Å². The fourth-order valence-corrected chi connectivity index (χ4v) is 4.04. The van der Waals surface area contributed by atoms with Crippen molar-refractivity contribution in [3.05, 3.63) is 99.6 Å². The molecule has 0 spiro atoms. The fraction of sp³-hybridized carbons (Fsp3) is 0.192. The molecule has 0 saturated carbocycles. The van der Waals surface area contributed by atoms with Crippen molar-refractivity contribution < 1.29 is 19.3 Å². The number of benzene rings is 3. The highest BCUT2D eigenvalue weighted by Gasteiger charge is 2.26. The van der Waals surface area contributed by atoms with Crippen molar-refractivity contribution in [1.29, 1.82) is 0 Å². The van der Waals surface area contributed by atoms with Crippen LogP contribution < -0.4 is 10.2 Å². The van der Waals surface area contributed by atoms with E-state index in [9.17, 15) is 24.5 Å². The molecule has 0 atom stereocenters. The SMILES string of the molecule is CC(=O)N1CCN(c2ccc(C(=O)Nc3cccc(C(=O)c4ccccc4)c3)cc2[N+](=O)[O-])CC1. The summed E-state index contributed by atoms with van der Waals surface area (Å²) < 4.78 is 0. The summed E-state index contributed by atoms with van der Waals surface area (Å²) in [4.78, 5) is 51.9. The van der Waals surface area contributed by atoms with Crippen LogP contribution in [0.4, 0.5) is 17.1 Å². The molecular formula is C26H24N4O5. The lowest BCUT2D eigenvalue weighted by Crippen LogP contribution is -2.48. The normalized spacial score (nSPS) is 13.3. The summed E-state index contributed by atoms with van der Waals surface area (Å²) in [7, 11) is 0. The van der Waals surface area contributed by atoms with E-state index in [2.05, 4.69) is 5.32 Å². The Hall–Kier alpha value is -4.53. The number of rotatable bonds is 6. The number of carbonyl (C=O) groups is 3. The van der Waals surface area contributed by atoms with Gasteiger partial charge in [-0.1, -0.05) is 42.5 Å². The third kappa shape index (κ3) is 5.35. The first-order valence-electron chi connectivity index (χ1n) is 11.1. The zero-order chi connectivity index (χ0) is 24.9. The van der Waals surface area contributed by atoms with Gasteiger partial charge in [-0.15, -0.1) is 0 Å². The van der Waals surface area contributed by atoms with Gasteiger partial charge in [-0.25, -0.2) is 0 Å². The topological polar surface area (TPSA) is 113 Å². The zero-order valence-corrected chi connectivity index (χ0v) is 19.1. The molecule has 1 fully saturated rings. The molecule has 3 aromatic rings. The smallest absolute Gasteiger partial charge is 0.293 e. The fourth-order valence-electron chi connectivity index (χ4n) is 4.04. The van der Waals surface area contributed by atoms with Gasteiger partial charge in [0.15, 0.2) is 5.78 Å². The Labute approximate surface area is 202 Å². The second kappa shape index (κ2) is 10.2. The largest absolute Gasteiger partial charge is 0.362 e. The van der Waals surface area contributed by atoms with E-state index in [1.807, 2.05) is 11.0 Å². The van der Waals surface area contributed by atoms with Crippen LogP contribution in [0.25, 0.3) is 0 Å². The van der Waals surface area contributed by atoms with Gasteiger partial charge >= 0.3 is 0 Å². The quantitative estimate of drug-likeness (QED) is 0.332. The maximum absolute atomic E-state index is 12.9. The number of piperazine rings is 1. The molecule has 1 heterocycles. The van der Waals surface area contributed by atoms with E-state index in [4.69, 9.17) is 0 Å². The molecule has 178 valence electrons. The monoisotopic (exact) mass is 472 g/mol.